The topological polar surface area (TPSA) is 77.6 Å². The summed E-state index contributed by atoms with van der Waals surface area (Å²) in [6.07, 6.45) is -0.643. The maximum Gasteiger partial charge on any atom is 0.276 e. The molecule has 6 nitrogen and oxygen atoms in total. The maximum atomic E-state index is 10.1. The van der Waals surface area contributed by atoms with Crippen molar-refractivity contribution in [3.8, 4) is 23.0 Å². The summed E-state index contributed by atoms with van der Waals surface area (Å²) in [4.78, 5) is 0. The third kappa shape index (κ3) is 4.77. The third-order valence-corrected chi connectivity index (χ3v) is 4.63. The van der Waals surface area contributed by atoms with Crippen molar-refractivity contribution in [3.05, 3.63) is 54.1 Å². The molecule has 0 spiro atoms. The number of nitrogens with zero attached hydrogens (tertiary/aromatic N) is 2. The Labute approximate surface area is 156 Å². The van der Waals surface area contributed by atoms with E-state index < -0.39 is 6.10 Å². The van der Waals surface area contributed by atoms with Crippen molar-refractivity contribution in [3.63, 3.8) is 0 Å². The maximum absolute atomic E-state index is 10.1. The van der Waals surface area contributed by atoms with Crippen LogP contribution in [0.15, 0.2) is 58.2 Å². The molecule has 2 aromatic carbocycles. The Morgan fingerprint density at radius 2 is 1.88 bits per heavy atom. The molecule has 0 fully saturated rings. The van der Waals surface area contributed by atoms with Crippen LogP contribution in [0.3, 0.4) is 0 Å². The molecular formula is C19H20N2O4S. The molecule has 136 valence electrons. The van der Waals surface area contributed by atoms with E-state index in [1.54, 1.807) is 7.11 Å². The number of aromatic nitrogens is 2. The lowest BCUT2D eigenvalue weighted by atomic mass is 10.2. The van der Waals surface area contributed by atoms with E-state index in [1.807, 2.05) is 55.5 Å². The number of hydrogen-bond donors (Lipinski definition) is 1. The molecule has 0 saturated heterocycles. The first-order chi connectivity index (χ1) is 12.7. The van der Waals surface area contributed by atoms with Crippen LogP contribution in [0.1, 0.15) is 5.56 Å². The highest BCUT2D eigenvalue weighted by molar-refractivity contribution is 7.99. The highest BCUT2D eigenvalue weighted by atomic mass is 32.2. The molecule has 1 heterocycles. The minimum absolute atomic E-state index is 0.206. The molecule has 7 heteroatoms. The molecule has 0 bridgehead atoms. The number of rotatable bonds is 8. The van der Waals surface area contributed by atoms with Crippen LogP contribution < -0.4 is 9.47 Å². The molecule has 0 amide bonds. The first-order valence-electron chi connectivity index (χ1n) is 8.13. The Balaban J connectivity index is 1.50. The van der Waals surface area contributed by atoms with Gasteiger partial charge in [0, 0.05) is 11.3 Å². The molecular weight excluding hydrogens is 352 g/mol. The van der Waals surface area contributed by atoms with Gasteiger partial charge in [-0.15, -0.1) is 10.2 Å². The van der Waals surface area contributed by atoms with Crippen molar-refractivity contribution >= 4 is 11.8 Å². The quantitative estimate of drug-likeness (QED) is 0.606. The smallest absolute Gasteiger partial charge is 0.276 e. The highest BCUT2D eigenvalue weighted by Gasteiger charge is 2.13. The van der Waals surface area contributed by atoms with Gasteiger partial charge < -0.3 is 19.0 Å². The molecule has 0 aliphatic heterocycles. The van der Waals surface area contributed by atoms with Gasteiger partial charge in [-0.25, -0.2) is 0 Å². The second-order valence-corrected chi connectivity index (χ2v) is 6.61. The Hall–Kier alpha value is -2.51. The second-order valence-electron chi connectivity index (χ2n) is 5.64. The van der Waals surface area contributed by atoms with Gasteiger partial charge in [0.05, 0.1) is 13.2 Å². The summed E-state index contributed by atoms with van der Waals surface area (Å²) in [5.74, 6) is 2.37. The van der Waals surface area contributed by atoms with Crippen LogP contribution in [0.5, 0.6) is 11.5 Å². The fourth-order valence-corrected chi connectivity index (χ4v) is 2.91. The average molecular weight is 372 g/mol. The van der Waals surface area contributed by atoms with Crippen LogP contribution in [0.25, 0.3) is 11.5 Å². The lowest BCUT2D eigenvalue weighted by Gasteiger charge is -2.12. The molecule has 1 N–H and O–H groups in total. The standard InChI is InChI=1S/C19H20N2O4S/c1-13-5-3-4-6-17(13)24-11-15(22)12-26-19-21-20-18(25-19)14-7-9-16(23-2)10-8-14/h3-10,15,22H,11-12H2,1-2H3/t15-/m1/s1. The summed E-state index contributed by atoms with van der Waals surface area (Å²) in [7, 11) is 1.62. The van der Waals surface area contributed by atoms with E-state index >= 15 is 0 Å². The predicted molar refractivity (Wildman–Crippen MR) is 99.7 cm³/mol. The molecule has 1 aromatic heterocycles. The lowest BCUT2D eigenvalue weighted by molar-refractivity contribution is 0.126. The lowest BCUT2D eigenvalue weighted by Crippen LogP contribution is -2.20. The highest BCUT2D eigenvalue weighted by Crippen LogP contribution is 2.25. The van der Waals surface area contributed by atoms with Crippen LogP contribution in [-0.2, 0) is 0 Å². The Kier molecular flexibility index (Phi) is 6.14. The molecule has 0 aliphatic carbocycles. The number of para-hydroxylation sites is 1. The Bertz CT molecular complexity index is 836. The van der Waals surface area contributed by atoms with Gasteiger partial charge in [-0.05, 0) is 42.8 Å². The molecule has 26 heavy (non-hydrogen) atoms. The van der Waals surface area contributed by atoms with Gasteiger partial charge >= 0.3 is 0 Å². The van der Waals surface area contributed by atoms with E-state index in [1.165, 1.54) is 11.8 Å². The third-order valence-electron chi connectivity index (χ3n) is 3.67. The first-order valence-corrected chi connectivity index (χ1v) is 9.11. The zero-order valence-corrected chi connectivity index (χ0v) is 15.4. The number of ether oxygens (including phenoxy) is 2. The van der Waals surface area contributed by atoms with Gasteiger partial charge in [-0.2, -0.15) is 0 Å². The van der Waals surface area contributed by atoms with Gasteiger partial charge in [0.15, 0.2) is 0 Å². The number of aliphatic hydroxyl groups excluding tert-OH is 1. The molecule has 0 saturated carbocycles. The summed E-state index contributed by atoms with van der Waals surface area (Å²) in [6.45, 7) is 2.17. The van der Waals surface area contributed by atoms with Crippen molar-refractivity contribution in [1.29, 1.82) is 0 Å². The normalized spacial score (nSPS) is 12.0. The van der Waals surface area contributed by atoms with E-state index in [0.717, 1.165) is 22.6 Å². The fourth-order valence-electron chi connectivity index (χ4n) is 2.24. The number of aliphatic hydroxyl groups is 1. The summed E-state index contributed by atoms with van der Waals surface area (Å²) in [6, 6.07) is 15.1. The van der Waals surface area contributed by atoms with Crippen LogP contribution >= 0.6 is 11.8 Å². The van der Waals surface area contributed by atoms with Gasteiger partial charge in [0.25, 0.3) is 5.22 Å². The minimum Gasteiger partial charge on any atom is -0.497 e. The number of benzene rings is 2. The molecule has 3 rings (SSSR count). The van der Waals surface area contributed by atoms with Crippen LogP contribution in [0, 0.1) is 6.92 Å². The number of thioether (sulfide) groups is 1. The fraction of sp³-hybridized carbons (Fsp3) is 0.263. The SMILES string of the molecule is COc1ccc(-c2nnc(SC[C@H](O)COc3ccccc3C)o2)cc1. The Morgan fingerprint density at radius 1 is 1.12 bits per heavy atom. The van der Waals surface area contributed by atoms with Gasteiger partial charge in [-0.3, -0.25) is 0 Å². The van der Waals surface area contributed by atoms with Crippen molar-refractivity contribution in [1.82, 2.24) is 10.2 Å². The largest absolute Gasteiger partial charge is 0.497 e. The second kappa shape index (κ2) is 8.73. The van der Waals surface area contributed by atoms with Gasteiger partial charge in [0.2, 0.25) is 5.89 Å². The Morgan fingerprint density at radius 3 is 2.62 bits per heavy atom. The monoisotopic (exact) mass is 372 g/mol. The molecule has 3 aromatic rings. The molecule has 0 unspecified atom stereocenters. The van der Waals surface area contributed by atoms with Crippen molar-refractivity contribution < 1.29 is 19.0 Å². The zero-order valence-electron chi connectivity index (χ0n) is 14.6. The summed E-state index contributed by atoms with van der Waals surface area (Å²) in [5, 5.41) is 18.5. The van der Waals surface area contributed by atoms with E-state index in [2.05, 4.69) is 10.2 Å². The van der Waals surface area contributed by atoms with E-state index in [4.69, 9.17) is 13.9 Å². The number of aryl methyl sites for hydroxylation is 1. The predicted octanol–water partition coefficient (Wildman–Crippen LogP) is 3.59. The summed E-state index contributed by atoms with van der Waals surface area (Å²) in [5.41, 5.74) is 1.85. The van der Waals surface area contributed by atoms with E-state index in [9.17, 15) is 5.11 Å². The zero-order chi connectivity index (χ0) is 18.4. The van der Waals surface area contributed by atoms with Crippen LogP contribution in [0.4, 0.5) is 0 Å². The van der Waals surface area contributed by atoms with Crippen LogP contribution in [-0.4, -0.2) is 40.9 Å². The first kappa shape index (κ1) is 18.3. The van der Waals surface area contributed by atoms with Crippen molar-refractivity contribution in [2.24, 2.45) is 0 Å². The van der Waals surface area contributed by atoms with Gasteiger partial charge in [0.1, 0.15) is 18.1 Å². The number of methoxy groups -OCH3 is 1. The van der Waals surface area contributed by atoms with Crippen molar-refractivity contribution in [2.75, 3.05) is 19.5 Å². The van der Waals surface area contributed by atoms with Crippen LogP contribution in [0.2, 0.25) is 0 Å². The van der Waals surface area contributed by atoms with Crippen molar-refractivity contribution in [2.45, 2.75) is 18.3 Å². The summed E-state index contributed by atoms with van der Waals surface area (Å²) < 4.78 is 16.4. The summed E-state index contributed by atoms with van der Waals surface area (Å²) >= 11 is 1.30. The minimum atomic E-state index is -0.643. The van der Waals surface area contributed by atoms with Gasteiger partial charge in [-0.1, -0.05) is 30.0 Å². The molecule has 1 atom stereocenters. The van der Waals surface area contributed by atoms with E-state index in [0.29, 0.717) is 16.9 Å². The molecule has 0 radical (unpaired) electrons. The number of hydrogen-bond acceptors (Lipinski definition) is 7. The molecule has 0 aliphatic rings. The van der Waals surface area contributed by atoms with E-state index in [-0.39, 0.29) is 6.61 Å². The average Bonchev–Trinajstić information content (AvgIpc) is 3.15.